The van der Waals surface area contributed by atoms with E-state index in [9.17, 15) is 0 Å². The van der Waals surface area contributed by atoms with Gasteiger partial charge in [0.2, 0.25) is 0 Å². The predicted molar refractivity (Wildman–Crippen MR) is 111 cm³/mol. The number of rotatable bonds is 9. The Hall–Kier alpha value is -1.94. The number of aromatic nitrogens is 2. The van der Waals surface area contributed by atoms with Crippen LogP contribution in [-0.4, -0.2) is 40.3 Å². The quantitative estimate of drug-likeness (QED) is 0.697. The van der Waals surface area contributed by atoms with Gasteiger partial charge in [-0.05, 0) is 50.9 Å². The van der Waals surface area contributed by atoms with Crippen molar-refractivity contribution in [2.75, 3.05) is 25.0 Å². The molecule has 0 atom stereocenters. The molecule has 26 heavy (non-hydrogen) atoms. The van der Waals surface area contributed by atoms with Crippen molar-refractivity contribution in [3.05, 3.63) is 42.0 Å². The topological polar surface area (TPSA) is 41.0 Å². The van der Waals surface area contributed by atoms with Gasteiger partial charge in [-0.1, -0.05) is 58.0 Å². The second-order valence-electron chi connectivity index (χ2n) is 7.91. The highest BCUT2D eigenvalue weighted by Crippen LogP contribution is 2.25. The third-order valence-corrected chi connectivity index (χ3v) is 4.87. The molecule has 4 heteroatoms. The van der Waals surface area contributed by atoms with Gasteiger partial charge in [0.05, 0.1) is 5.69 Å². The molecule has 2 aromatic rings. The molecule has 1 aromatic heterocycles. The van der Waals surface area contributed by atoms with Crippen LogP contribution in [0.2, 0.25) is 0 Å². The molecule has 1 heterocycles. The van der Waals surface area contributed by atoms with Gasteiger partial charge >= 0.3 is 0 Å². The number of benzene rings is 1. The van der Waals surface area contributed by atoms with E-state index in [0.29, 0.717) is 5.92 Å². The monoisotopic (exact) mass is 354 g/mol. The van der Waals surface area contributed by atoms with Crippen LogP contribution in [0.15, 0.2) is 36.4 Å². The number of hydrogen-bond donors (Lipinski definition) is 1. The Bertz CT molecular complexity index is 676. The Labute approximate surface area is 159 Å². The first-order chi connectivity index (χ1) is 12.4. The van der Waals surface area contributed by atoms with Crippen LogP contribution in [0.3, 0.4) is 0 Å². The van der Waals surface area contributed by atoms with Crippen LogP contribution < -0.4 is 5.32 Å². The number of hydrogen-bond acceptors (Lipinski definition) is 4. The van der Waals surface area contributed by atoms with E-state index in [-0.39, 0.29) is 5.54 Å². The van der Waals surface area contributed by atoms with Crippen LogP contribution in [0.4, 0.5) is 5.82 Å². The van der Waals surface area contributed by atoms with Gasteiger partial charge in [-0.25, -0.2) is 0 Å². The zero-order chi connectivity index (χ0) is 19.2. The summed E-state index contributed by atoms with van der Waals surface area (Å²) >= 11 is 0. The lowest BCUT2D eigenvalue weighted by Crippen LogP contribution is -2.48. The number of nitrogens with zero attached hydrogens (tertiary/aromatic N) is 3. The van der Waals surface area contributed by atoms with Gasteiger partial charge in [-0.3, -0.25) is 4.90 Å². The lowest BCUT2D eigenvalue weighted by atomic mass is 9.98. The highest BCUT2D eigenvalue weighted by atomic mass is 15.2. The minimum Gasteiger partial charge on any atom is -0.367 e. The lowest BCUT2D eigenvalue weighted by Gasteiger charge is -2.37. The normalized spacial score (nSPS) is 12.0. The van der Waals surface area contributed by atoms with Gasteiger partial charge in [-0.2, -0.15) is 0 Å². The van der Waals surface area contributed by atoms with Crippen molar-refractivity contribution in [3.8, 4) is 11.3 Å². The molecule has 2 rings (SSSR count). The predicted octanol–water partition coefficient (Wildman–Crippen LogP) is 4.87. The summed E-state index contributed by atoms with van der Waals surface area (Å²) in [5.41, 5.74) is 3.45. The third-order valence-electron chi connectivity index (χ3n) is 4.87. The number of likely N-dealkylation sites (N-methyl/N-ethyl adjacent to an activating group) is 1. The molecule has 0 saturated heterocycles. The van der Waals surface area contributed by atoms with Gasteiger partial charge in [0.15, 0.2) is 0 Å². The second-order valence-corrected chi connectivity index (χ2v) is 7.91. The molecule has 0 spiro atoms. The molecule has 0 unspecified atom stereocenters. The smallest absolute Gasteiger partial charge is 0.149 e. The first-order valence-electron chi connectivity index (χ1n) is 9.78. The summed E-state index contributed by atoms with van der Waals surface area (Å²) in [7, 11) is 0. The van der Waals surface area contributed by atoms with Gasteiger partial charge in [-0.15, -0.1) is 10.2 Å². The van der Waals surface area contributed by atoms with E-state index in [1.807, 2.05) is 6.07 Å². The maximum absolute atomic E-state index is 4.56. The van der Waals surface area contributed by atoms with Crippen molar-refractivity contribution in [1.29, 1.82) is 0 Å². The molecule has 0 aliphatic rings. The third kappa shape index (κ3) is 5.28. The van der Waals surface area contributed by atoms with Crippen molar-refractivity contribution in [3.63, 3.8) is 0 Å². The fourth-order valence-corrected chi connectivity index (χ4v) is 3.45. The summed E-state index contributed by atoms with van der Waals surface area (Å²) < 4.78 is 0. The summed E-state index contributed by atoms with van der Waals surface area (Å²) in [5.74, 6) is 1.43. The van der Waals surface area contributed by atoms with Gasteiger partial charge in [0.25, 0.3) is 0 Å². The molecule has 1 N–H and O–H groups in total. The van der Waals surface area contributed by atoms with Crippen molar-refractivity contribution in [2.45, 2.75) is 53.5 Å². The maximum Gasteiger partial charge on any atom is 0.149 e. The fraction of sp³-hybridized carbons (Fsp3) is 0.545. The second kappa shape index (κ2) is 9.13. The van der Waals surface area contributed by atoms with E-state index in [1.54, 1.807) is 0 Å². The first kappa shape index (κ1) is 20.4. The number of nitrogens with one attached hydrogen (secondary N) is 1. The molecule has 0 radical (unpaired) electrons. The van der Waals surface area contributed by atoms with Crippen molar-refractivity contribution in [1.82, 2.24) is 15.1 Å². The van der Waals surface area contributed by atoms with Crippen LogP contribution in [0.1, 0.15) is 47.1 Å². The van der Waals surface area contributed by atoms with Gasteiger partial charge in [0.1, 0.15) is 5.82 Å². The van der Waals surface area contributed by atoms with Gasteiger partial charge < -0.3 is 5.32 Å². The van der Waals surface area contributed by atoms with Crippen LogP contribution in [0, 0.1) is 5.92 Å². The Morgan fingerprint density at radius 1 is 1.04 bits per heavy atom. The molecular formula is C22H34N4. The molecule has 0 aliphatic carbocycles. The Kier molecular flexibility index (Phi) is 7.15. The average Bonchev–Trinajstić information content (AvgIpc) is 2.61. The molecule has 0 bridgehead atoms. The minimum absolute atomic E-state index is 0.0709. The van der Waals surface area contributed by atoms with E-state index >= 15 is 0 Å². The van der Waals surface area contributed by atoms with E-state index in [0.717, 1.165) is 43.1 Å². The average molecular weight is 355 g/mol. The van der Waals surface area contributed by atoms with Crippen molar-refractivity contribution < 1.29 is 0 Å². The van der Waals surface area contributed by atoms with Crippen LogP contribution in [-0.2, 0) is 6.42 Å². The van der Waals surface area contributed by atoms with E-state index in [1.165, 1.54) is 5.56 Å². The first-order valence-corrected chi connectivity index (χ1v) is 9.78. The van der Waals surface area contributed by atoms with E-state index in [4.69, 9.17) is 0 Å². The Morgan fingerprint density at radius 2 is 1.69 bits per heavy atom. The largest absolute Gasteiger partial charge is 0.367 e. The van der Waals surface area contributed by atoms with Crippen LogP contribution in [0.5, 0.6) is 0 Å². The SMILES string of the molecule is CCN(CC)C(C)(C)CNc1cc(CC(C)C)c(-c2ccccc2)nn1. The van der Waals surface area contributed by atoms with Crippen LogP contribution >= 0.6 is 0 Å². The van der Waals surface area contributed by atoms with E-state index in [2.05, 4.69) is 92.3 Å². The van der Waals surface area contributed by atoms with Crippen molar-refractivity contribution >= 4 is 5.82 Å². The summed E-state index contributed by atoms with van der Waals surface area (Å²) in [5, 5.41) is 12.5. The highest BCUT2D eigenvalue weighted by molar-refractivity contribution is 5.64. The molecular weight excluding hydrogens is 320 g/mol. The molecule has 0 fully saturated rings. The minimum atomic E-state index is 0.0709. The molecule has 142 valence electrons. The van der Waals surface area contributed by atoms with E-state index < -0.39 is 0 Å². The van der Waals surface area contributed by atoms with Crippen LogP contribution in [0.25, 0.3) is 11.3 Å². The zero-order valence-corrected chi connectivity index (χ0v) is 17.2. The molecule has 0 aliphatic heterocycles. The zero-order valence-electron chi connectivity index (χ0n) is 17.2. The Balaban J connectivity index is 2.23. The summed E-state index contributed by atoms with van der Waals surface area (Å²) in [6, 6.07) is 12.5. The summed E-state index contributed by atoms with van der Waals surface area (Å²) in [6.07, 6.45) is 0.994. The molecule has 0 amide bonds. The number of anilines is 1. The molecule has 1 aromatic carbocycles. The van der Waals surface area contributed by atoms with Crippen molar-refractivity contribution in [2.24, 2.45) is 5.92 Å². The molecule has 4 nitrogen and oxygen atoms in total. The maximum atomic E-state index is 4.56. The summed E-state index contributed by atoms with van der Waals surface area (Å²) in [6.45, 7) is 16.4. The highest BCUT2D eigenvalue weighted by Gasteiger charge is 2.24. The lowest BCUT2D eigenvalue weighted by molar-refractivity contribution is 0.147. The fourth-order valence-electron chi connectivity index (χ4n) is 3.45. The van der Waals surface area contributed by atoms with Gasteiger partial charge in [0, 0.05) is 17.6 Å². The molecule has 0 saturated carbocycles. The summed E-state index contributed by atoms with van der Waals surface area (Å²) in [4.78, 5) is 2.46. The standard InChI is InChI=1S/C22H34N4/c1-7-26(8-2)22(5,6)16-23-20-15-19(14-17(3)4)21(25-24-20)18-12-10-9-11-13-18/h9-13,15,17H,7-8,14,16H2,1-6H3,(H,23,24). The Morgan fingerprint density at radius 3 is 2.27 bits per heavy atom.